The number of aromatic nitrogens is 3. The Morgan fingerprint density at radius 1 is 1.44 bits per heavy atom. The van der Waals surface area contributed by atoms with Crippen LogP contribution in [0.3, 0.4) is 0 Å². The normalized spacial score (nSPS) is 10.2. The van der Waals surface area contributed by atoms with Crippen molar-refractivity contribution in [3.8, 4) is 0 Å². The Balaban J connectivity index is 2.25. The quantitative estimate of drug-likeness (QED) is 0.851. The first-order valence-corrected chi connectivity index (χ1v) is 5.05. The van der Waals surface area contributed by atoms with E-state index < -0.39 is 11.7 Å². The lowest BCUT2D eigenvalue weighted by molar-refractivity contribution is 0.102. The molecular weight excluding hydrogens is 241 g/mol. The predicted octanol–water partition coefficient (Wildman–Crippen LogP) is 1.21. The van der Waals surface area contributed by atoms with E-state index in [1.54, 1.807) is 14.0 Å². The Morgan fingerprint density at radius 3 is 2.83 bits per heavy atom. The van der Waals surface area contributed by atoms with Gasteiger partial charge in [0.15, 0.2) is 0 Å². The zero-order valence-corrected chi connectivity index (χ0v) is 9.69. The van der Waals surface area contributed by atoms with Crippen LogP contribution in [0, 0.1) is 12.7 Å². The summed E-state index contributed by atoms with van der Waals surface area (Å²) < 4.78 is 18.1. The van der Waals surface area contributed by atoms with Gasteiger partial charge in [0.05, 0.1) is 11.8 Å². The number of anilines is 2. The summed E-state index contributed by atoms with van der Waals surface area (Å²) in [7, 11) is 1.58. The van der Waals surface area contributed by atoms with Gasteiger partial charge in [-0.15, -0.1) is 5.10 Å². The van der Waals surface area contributed by atoms with Crippen molar-refractivity contribution < 1.29 is 13.6 Å². The lowest BCUT2D eigenvalue weighted by Gasteiger charge is -2.06. The van der Waals surface area contributed by atoms with Gasteiger partial charge < -0.3 is 9.73 Å². The molecule has 2 aromatic rings. The molecule has 18 heavy (non-hydrogen) atoms. The highest BCUT2D eigenvalue weighted by molar-refractivity contribution is 6.06. The molecule has 1 amide bonds. The minimum absolute atomic E-state index is 0.0494. The Morgan fingerprint density at radius 2 is 2.22 bits per heavy atom. The van der Waals surface area contributed by atoms with Gasteiger partial charge in [0.1, 0.15) is 11.6 Å². The molecule has 0 aromatic carbocycles. The van der Waals surface area contributed by atoms with Gasteiger partial charge in [-0.2, -0.15) is 0 Å². The van der Waals surface area contributed by atoms with Crippen molar-refractivity contribution in [2.45, 2.75) is 6.92 Å². The van der Waals surface area contributed by atoms with E-state index in [4.69, 9.17) is 4.42 Å². The second kappa shape index (κ2) is 4.78. The average Bonchev–Trinajstić information content (AvgIpc) is 2.74. The largest absolute Gasteiger partial charge is 0.408 e. The monoisotopic (exact) mass is 251 g/mol. The highest BCUT2D eigenvalue weighted by atomic mass is 19.1. The fraction of sp³-hybridized carbons (Fsp3) is 0.200. The maximum atomic E-state index is 13.1. The molecule has 0 radical (unpaired) electrons. The third-order valence-electron chi connectivity index (χ3n) is 2.08. The number of pyridine rings is 1. The van der Waals surface area contributed by atoms with Gasteiger partial charge in [0.2, 0.25) is 5.89 Å². The summed E-state index contributed by atoms with van der Waals surface area (Å²) >= 11 is 0. The van der Waals surface area contributed by atoms with E-state index in [1.165, 1.54) is 0 Å². The number of amides is 1. The van der Waals surface area contributed by atoms with Gasteiger partial charge in [-0.1, -0.05) is 5.10 Å². The van der Waals surface area contributed by atoms with Crippen molar-refractivity contribution in [2.24, 2.45) is 0 Å². The van der Waals surface area contributed by atoms with E-state index >= 15 is 0 Å². The molecule has 0 spiro atoms. The molecule has 0 atom stereocenters. The van der Waals surface area contributed by atoms with Gasteiger partial charge in [0.25, 0.3) is 5.91 Å². The summed E-state index contributed by atoms with van der Waals surface area (Å²) in [6.07, 6.45) is 1.01. The van der Waals surface area contributed by atoms with Crippen LogP contribution in [0.1, 0.15) is 16.2 Å². The summed E-state index contributed by atoms with van der Waals surface area (Å²) in [5, 5.41) is 12.2. The minimum Gasteiger partial charge on any atom is -0.408 e. The molecule has 2 N–H and O–H groups in total. The van der Waals surface area contributed by atoms with Crippen molar-refractivity contribution in [3.05, 3.63) is 29.5 Å². The smallest absolute Gasteiger partial charge is 0.322 e. The number of carbonyl (C=O) groups excluding carboxylic acids is 1. The van der Waals surface area contributed by atoms with Crippen LogP contribution in [0.4, 0.5) is 16.2 Å². The molecule has 0 fully saturated rings. The third kappa shape index (κ3) is 2.42. The van der Waals surface area contributed by atoms with Crippen LogP contribution in [-0.2, 0) is 0 Å². The molecule has 8 heteroatoms. The van der Waals surface area contributed by atoms with Gasteiger partial charge in [0, 0.05) is 14.0 Å². The zero-order valence-electron chi connectivity index (χ0n) is 9.69. The number of rotatable bonds is 3. The first-order chi connectivity index (χ1) is 8.60. The fourth-order valence-electron chi connectivity index (χ4n) is 1.32. The SMILES string of the molecule is CNc1ncc(F)cc1C(=O)Nc1nnc(C)o1. The first-order valence-electron chi connectivity index (χ1n) is 5.05. The zero-order chi connectivity index (χ0) is 13.1. The van der Waals surface area contributed by atoms with E-state index in [0.29, 0.717) is 5.89 Å². The Kier molecular flexibility index (Phi) is 3.18. The van der Waals surface area contributed by atoms with Crippen LogP contribution >= 0.6 is 0 Å². The maximum Gasteiger partial charge on any atom is 0.322 e. The third-order valence-corrected chi connectivity index (χ3v) is 2.08. The molecule has 0 saturated heterocycles. The van der Waals surface area contributed by atoms with E-state index in [2.05, 4.69) is 25.8 Å². The molecule has 0 aliphatic rings. The molecular formula is C10H10FN5O2. The molecule has 0 bridgehead atoms. The van der Waals surface area contributed by atoms with Crippen molar-refractivity contribution in [1.82, 2.24) is 15.2 Å². The average molecular weight is 251 g/mol. The standard InChI is InChI=1S/C10H10FN5O2/c1-5-15-16-10(18-5)14-9(17)7-3-6(11)4-13-8(7)12-2/h3-4H,1-2H3,(H,12,13)(H,14,16,17). The van der Waals surface area contributed by atoms with E-state index in [1.807, 2.05) is 0 Å². The van der Waals surface area contributed by atoms with Crippen molar-refractivity contribution in [2.75, 3.05) is 17.7 Å². The van der Waals surface area contributed by atoms with Crippen LogP contribution < -0.4 is 10.6 Å². The van der Waals surface area contributed by atoms with E-state index in [-0.39, 0.29) is 17.4 Å². The lowest BCUT2D eigenvalue weighted by Crippen LogP contribution is -2.15. The summed E-state index contributed by atoms with van der Waals surface area (Å²) in [6.45, 7) is 1.59. The van der Waals surface area contributed by atoms with Crippen molar-refractivity contribution >= 4 is 17.7 Å². The first kappa shape index (κ1) is 12.0. The van der Waals surface area contributed by atoms with E-state index in [0.717, 1.165) is 12.3 Å². The molecule has 94 valence electrons. The van der Waals surface area contributed by atoms with Crippen molar-refractivity contribution in [1.29, 1.82) is 0 Å². The number of halogens is 1. The van der Waals surface area contributed by atoms with Crippen LogP contribution in [0.5, 0.6) is 0 Å². The van der Waals surface area contributed by atoms with Crippen LogP contribution in [-0.4, -0.2) is 28.1 Å². The second-order valence-corrected chi connectivity index (χ2v) is 3.38. The number of aryl methyl sites for hydroxylation is 1. The van der Waals surface area contributed by atoms with Crippen molar-refractivity contribution in [3.63, 3.8) is 0 Å². The Bertz CT molecular complexity index is 583. The van der Waals surface area contributed by atoms with Crippen LogP contribution in [0.15, 0.2) is 16.7 Å². The number of nitrogens with one attached hydrogen (secondary N) is 2. The molecule has 0 unspecified atom stereocenters. The number of hydrogen-bond acceptors (Lipinski definition) is 6. The van der Waals surface area contributed by atoms with Gasteiger partial charge in [-0.3, -0.25) is 10.1 Å². The molecule has 0 aliphatic heterocycles. The molecule has 2 aromatic heterocycles. The minimum atomic E-state index is -0.610. The Labute approximate surface area is 101 Å². The molecule has 0 aliphatic carbocycles. The fourth-order valence-corrected chi connectivity index (χ4v) is 1.32. The van der Waals surface area contributed by atoms with Gasteiger partial charge in [-0.05, 0) is 6.07 Å². The van der Waals surface area contributed by atoms with Crippen LogP contribution in [0.25, 0.3) is 0 Å². The lowest BCUT2D eigenvalue weighted by atomic mass is 10.2. The summed E-state index contributed by atoms with van der Waals surface area (Å²) in [6, 6.07) is 1.01. The maximum absolute atomic E-state index is 13.1. The van der Waals surface area contributed by atoms with E-state index in [9.17, 15) is 9.18 Å². The molecule has 0 saturated carbocycles. The summed E-state index contributed by atoms with van der Waals surface area (Å²) in [4.78, 5) is 15.6. The van der Waals surface area contributed by atoms with Gasteiger partial charge >= 0.3 is 6.01 Å². The Hall–Kier alpha value is -2.51. The topological polar surface area (TPSA) is 92.9 Å². The molecule has 2 rings (SSSR count). The highest BCUT2D eigenvalue weighted by Gasteiger charge is 2.15. The number of nitrogens with zero attached hydrogens (tertiary/aromatic N) is 3. The summed E-state index contributed by atoms with van der Waals surface area (Å²) in [5.74, 6) is -0.627. The number of hydrogen-bond donors (Lipinski definition) is 2. The number of carbonyl (C=O) groups is 1. The second-order valence-electron chi connectivity index (χ2n) is 3.38. The van der Waals surface area contributed by atoms with Crippen LogP contribution in [0.2, 0.25) is 0 Å². The molecule has 2 heterocycles. The summed E-state index contributed by atoms with van der Waals surface area (Å²) in [5.41, 5.74) is 0.0494. The highest BCUT2D eigenvalue weighted by Crippen LogP contribution is 2.15. The molecule has 7 nitrogen and oxygen atoms in total. The predicted molar refractivity (Wildman–Crippen MR) is 60.7 cm³/mol. The van der Waals surface area contributed by atoms with Gasteiger partial charge in [-0.25, -0.2) is 9.37 Å².